The summed E-state index contributed by atoms with van der Waals surface area (Å²) in [6.45, 7) is 1.31. The first-order valence-electron chi connectivity index (χ1n) is 18.0. The predicted octanol–water partition coefficient (Wildman–Crippen LogP) is 6.40. The van der Waals surface area contributed by atoms with Crippen LogP contribution in [0.3, 0.4) is 0 Å². The molecule has 0 aliphatic carbocycles. The number of terminal acetylenes is 1. The first kappa shape index (κ1) is 35.9. The van der Waals surface area contributed by atoms with Crippen molar-refractivity contribution in [1.29, 1.82) is 5.26 Å². The molecule has 3 saturated heterocycles. The number of halogens is 4. The van der Waals surface area contributed by atoms with Gasteiger partial charge in [-0.3, -0.25) is 19.7 Å². The molecule has 14 heteroatoms. The molecule has 1 amide bonds. The van der Waals surface area contributed by atoms with E-state index in [1.165, 1.54) is 23.4 Å². The summed E-state index contributed by atoms with van der Waals surface area (Å²) in [5.41, 5.74) is -0.325. The zero-order chi connectivity index (χ0) is 38.3. The molecule has 3 aliphatic rings. The van der Waals surface area contributed by atoms with Crippen molar-refractivity contribution in [2.75, 3.05) is 44.2 Å². The van der Waals surface area contributed by atoms with Crippen molar-refractivity contribution in [3.8, 4) is 35.7 Å². The highest BCUT2D eigenvalue weighted by molar-refractivity contribution is 6.02. The molecule has 8 rings (SSSR count). The lowest BCUT2D eigenvalue weighted by atomic mass is 9.95. The number of ether oxygens (including phenoxy) is 1. The molecular formula is C41H34F4N8O2. The van der Waals surface area contributed by atoms with Gasteiger partial charge in [-0.2, -0.15) is 15.2 Å². The van der Waals surface area contributed by atoms with Gasteiger partial charge in [0.05, 0.1) is 40.7 Å². The normalized spacial score (nSPS) is 21.5. The van der Waals surface area contributed by atoms with Crippen LogP contribution in [0.1, 0.15) is 36.9 Å². The fourth-order valence-corrected chi connectivity index (χ4v) is 8.24. The van der Waals surface area contributed by atoms with Crippen molar-refractivity contribution in [2.24, 2.45) is 0 Å². The van der Waals surface area contributed by atoms with Gasteiger partial charge in [0, 0.05) is 62.0 Å². The zero-order valence-corrected chi connectivity index (χ0v) is 29.6. The molecule has 278 valence electrons. The summed E-state index contributed by atoms with van der Waals surface area (Å²) < 4.78 is 68.0. The van der Waals surface area contributed by atoms with E-state index in [1.54, 1.807) is 47.4 Å². The molecule has 0 radical (unpaired) electrons. The van der Waals surface area contributed by atoms with Gasteiger partial charge < -0.3 is 14.5 Å². The van der Waals surface area contributed by atoms with Gasteiger partial charge in [-0.1, -0.05) is 36.3 Å². The number of aromatic nitrogens is 4. The number of carbonyl (C=O) groups is 1. The Balaban J connectivity index is 1.20. The van der Waals surface area contributed by atoms with Crippen LogP contribution in [-0.2, 0) is 4.79 Å². The molecule has 3 atom stereocenters. The van der Waals surface area contributed by atoms with Gasteiger partial charge >= 0.3 is 6.01 Å². The predicted molar refractivity (Wildman–Crippen MR) is 198 cm³/mol. The smallest absolute Gasteiger partial charge is 0.319 e. The SMILES string of the molecule is C#Cc1c(F)ccc2cccc(-c3ncc4c(N5CCN(C(=O)/C(F)=C/c6ccccn6)[C@@H](CC#N)C5)nc(OC[C@@]56CCCN5C[C@H](F)C6)nc4c3F)c12. The molecule has 3 aromatic heterocycles. The third-order valence-electron chi connectivity index (χ3n) is 10.8. The first-order valence-corrected chi connectivity index (χ1v) is 18.0. The average molecular weight is 747 g/mol. The van der Waals surface area contributed by atoms with Crippen molar-refractivity contribution in [3.05, 3.63) is 89.6 Å². The van der Waals surface area contributed by atoms with Crippen molar-refractivity contribution < 1.29 is 27.1 Å². The standard InChI is InChI=1S/C41H34F4N8O2/c1-2-29-32(43)11-10-25-7-5-9-30(34(25)29)36-35(45)37-31(21-48-36)38(50-40(49-37)55-24-41-13-6-16-52(41)22-26(42)20-41)51-17-18-53(28(23-51)12-14-46)39(54)33(44)19-27-8-3-4-15-47-27/h1,3-5,7-11,15,19,21,26,28H,6,12-13,16-18,20,22-24H2/b33-19-/t26-,28+,41+/m1/s1. The van der Waals surface area contributed by atoms with Gasteiger partial charge in [0.25, 0.3) is 5.91 Å². The fraction of sp³-hybridized carbons (Fsp3) is 0.317. The molecule has 2 aromatic carbocycles. The molecule has 55 heavy (non-hydrogen) atoms. The Kier molecular flexibility index (Phi) is 9.53. The molecule has 6 heterocycles. The molecule has 0 N–H and O–H groups in total. The summed E-state index contributed by atoms with van der Waals surface area (Å²) in [6.07, 6.45) is 10.4. The summed E-state index contributed by atoms with van der Waals surface area (Å²) in [4.78, 5) is 36.3. The van der Waals surface area contributed by atoms with E-state index in [0.29, 0.717) is 23.7 Å². The van der Waals surface area contributed by atoms with E-state index in [9.17, 15) is 18.8 Å². The largest absolute Gasteiger partial charge is 0.461 e. The lowest BCUT2D eigenvalue weighted by molar-refractivity contribution is -0.131. The van der Waals surface area contributed by atoms with Crippen molar-refractivity contribution in [3.63, 3.8) is 0 Å². The fourth-order valence-electron chi connectivity index (χ4n) is 8.24. The number of hydrogen-bond acceptors (Lipinski definition) is 9. The molecule has 0 spiro atoms. The van der Waals surface area contributed by atoms with Gasteiger partial charge in [-0.15, -0.1) is 6.42 Å². The number of alkyl halides is 1. The molecule has 5 aromatic rings. The Bertz CT molecular complexity index is 2430. The minimum Gasteiger partial charge on any atom is -0.461 e. The van der Waals surface area contributed by atoms with E-state index < -0.39 is 41.1 Å². The molecule has 0 saturated carbocycles. The van der Waals surface area contributed by atoms with Crippen molar-refractivity contribution in [2.45, 2.75) is 43.4 Å². The van der Waals surface area contributed by atoms with E-state index in [0.717, 1.165) is 25.5 Å². The second kappa shape index (κ2) is 14.6. The topological polar surface area (TPSA) is 111 Å². The molecule has 10 nitrogen and oxygen atoms in total. The Morgan fingerprint density at radius 1 is 1.07 bits per heavy atom. The van der Waals surface area contributed by atoms with Gasteiger partial charge in [0.1, 0.15) is 35.6 Å². The second-order valence-electron chi connectivity index (χ2n) is 14.1. The van der Waals surface area contributed by atoms with Crippen LogP contribution in [0.2, 0.25) is 0 Å². The second-order valence-corrected chi connectivity index (χ2v) is 14.1. The van der Waals surface area contributed by atoms with E-state index in [1.807, 2.05) is 0 Å². The Morgan fingerprint density at radius 2 is 1.95 bits per heavy atom. The average Bonchev–Trinajstić information content (AvgIpc) is 3.73. The number of anilines is 1. The summed E-state index contributed by atoms with van der Waals surface area (Å²) >= 11 is 0. The minimum absolute atomic E-state index is 0.0106. The van der Waals surface area contributed by atoms with Gasteiger partial charge in [0.2, 0.25) is 0 Å². The molecule has 0 bridgehead atoms. The summed E-state index contributed by atoms with van der Waals surface area (Å²) in [7, 11) is 0. The number of amides is 1. The van der Waals surface area contributed by atoms with E-state index in [-0.39, 0.29) is 77.9 Å². The summed E-state index contributed by atoms with van der Waals surface area (Å²) in [5.74, 6) is -0.774. The number of nitrogens with zero attached hydrogens (tertiary/aromatic N) is 8. The van der Waals surface area contributed by atoms with E-state index in [2.05, 4.69) is 31.8 Å². The number of fused-ring (bicyclic) bond motifs is 3. The van der Waals surface area contributed by atoms with Crippen molar-refractivity contribution >= 4 is 39.5 Å². The van der Waals surface area contributed by atoms with Crippen LogP contribution < -0.4 is 9.64 Å². The number of pyridine rings is 2. The number of nitriles is 1. The minimum atomic E-state index is -1.03. The van der Waals surface area contributed by atoms with Crippen LogP contribution in [0.4, 0.5) is 23.4 Å². The first-order chi connectivity index (χ1) is 26.7. The molecule has 3 aliphatic heterocycles. The van der Waals surface area contributed by atoms with E-state index in [4.69, 9.17) is 16.1 Å². The Labute approximate surface area is 314 Å². The maximum atomic E-state index is 17.0. The van der Waals surface area contributed by atoms with Gasteiger partial charge in [-0.05, 0) is 43.0 Å². The number of piperazine rings is 1. The van der Waals surface area contributed by atoms with Crippen LogP contribution in [-0.4, -0.2) is 92.7 Å². The highest BCUT2D eigenvalue weighted by Gasteiger charge is 2.49. The maximum absolute atomic E-state index is 17.0. The van der Waals surface area contributed by atoms with Crippen LogP contribution in [0.25, 0.3) is 39.0 Å². The Morgan fingerprint density at radius 3 is 2.75 bits per heavy atom. The summed E-state index contributed by atoms with van der Waals surface area (Å²) in [5, 5.41) is 10.8. The number of carbonyl (C=O) groups excluding carboxylic acids is 1. The number of benzene rings is 2. The van der Waals surface area contributed by atoms with Gasteiger partial charge in [-0.25, -0.2) is 17.6 Å². The lowest BCUT2D eigenvalue weighted by Gasteiger charge is -2.41. The van der Waals surface area contributed by atoms with Crippen LogP contribution in [0.5, 0.6) is 6.01 Å². The third-order valence-corrected chi connectivity index (χ3v) is 10.8. The van der Waals surface area contributed by atoms with Crippen LogP contribution >= 0.6 is 0 Å². The maximum Gasteiger partial charge on any atom is 0.319 e. The number of rotatable bonds is 8. The molecule has 3 fully saturated rings. The Hall–Kier alpha value is -6.12. The number of hydrogen-bond donors (Lipinski definition) is 0. The van der Waals surface area contributed by atoms with Crippen LogP contribution in [0, 0.1) is 35.3 Å². The summed E-state index contributed by atoms with van der Waals surface area (Å²) in [6, 6.07) is 13.9. The highest BCUT2D eigenvalue weighted by atomic mass is 19.1. The lowest BCUT2D eigenvalue weighted by Crippen LogP contribution is -2.55. The monoisotopic (exact) mass is 746 g/mol. The molecular weight excluding hydrogens is 712 g/mol. The highest BCUT2D eigenvalue weighted by Crippen LogP contribution is 2.41. The quantitative estimate of drug-likeness (QED) is 0.101. The molecule has 0 unspecified atom stereocenters. The third kappa shape index (κ3) is 6.57. The zero-order valence-electron chi connectivity index (χ0n) is 29.6. The van der Waals surface area contributed by atoms with E-state index >= 15 is 8.78 Å². The van der Waals surface area contributed by atoms with Crippen molar-refractivity contribution in [1.82, 2.24) is 29.7 Å². The van der Waals surface area contributed by atoms with Crippen LogP contribution in [0.15, 0.2) is 66.8 Å². The van der Waals surface area contributed by atoms with Gasteiger partial charge in [0.15, 0.2) is 11.6 Å².